The Labute approximate surface area is 194 Å². The highest BCUT2D eigenvalue weighted by atomic mass is 33.1. The molecule has 2 rings (SSSR count). The quantitative estimate of drug-likeness (QED) is 0.368. The molecule has 0 heterocycles. The van der Waals surface area contributed by atoms with Gasteiger partial charge < -0.3 is 22.1 Å². The second-order valence-corrected chi connectivity index (χ2v) is 9.16. The van der Waals surface area contributed by atoms with Crippen molar-refractivity contribution < 1.29 is 19.2 Å². The molecule has 2 aromatic rings. The number of benzene rings is 2. The van der Waals surface area contributed by atoms with Gasteiger partial charge in [0.1, 0.15) is 0 Å². The molecule has 0 atom stereocenters. The number of hydrogen-bond acceptors (Lipinski definition) is 6. The van der Waals surface area contributed by atoms with E-state index in [-0.39, 0.29) is 37.7 Å². The van der Waals surface area contributed by atoms with Gasteiger partial charge in [0.05, 0.1) is 11.1 Å². The third-order valence-electron chi connectivity index (χ3n) is 4.44. The topological polar surface area (TPSA) is 144 Å². The number of nitrogens with one attached hydrogen (secondary N) is 2. The van der Waals surface area contributed by atoms with E-state index in [1.165, 1.54) is 21.6 Å². The van der Waals surface area contributed by atoms with E-state index >= 15 is 0 Å². The monoisotopic (exact) mass is 474 g/mol. The third-order valence-corrected chi connectivity index (χ3v) is 7.19. The summed E-state index contributed by atoms with van der Waals surface area (Å²) in [5.41, 5.74) is 13.0. The van der Waals surface area contributed by atoms with E-state index in [9.17, 15) is 19.2 Å². The lowest BCUT2D eigenvalue weighted by molar-refractivity contribution is -0.118. The summed E-state index contributed by atoms with van der Waals surface area (Å²) in [6.45, 7) is 4.12. The van der Waals surface area contributed by atoms with Crippen LogP contribution in [0.2, 0.25) is 0 Å². The van der Waals surface area contributed by atoms with Gasteiger partial charge in [0.25, 0.3) is 11.8 Å². The highest BCUT2D eigenvalue weighted by molar-refractivity contribution is 8.76. The Bertz CT molecular complexity index is 945. The Morgan fingerprint density at radius 3 is 1.44 bits per heavy atom. The highest BCUT2D eigenvalue weighted by Gasteiger charge is 2.18. The minimum atomic E-state index is -0.485. The molecule has 0 aliphatic carbocycles. The van der Waals surface area contributed by atoms with Crippen molar-refractivity contribution in [1.82, 2.24) is 10.6 Å². The zero-order chi connectivity index (χ0) is 23.7. The van der Waals surface area contributed by atoms with E-state index in [4.69, 9.17) is 11.5 Å². The highest BCUT2D eigenvalue weighted by Crippen LogP contribution is 2.43. The van der Waals surface area contributed by atoms with Crippen LogP contribution < -0.4 is 22.1 Å². The van der Waals surface area contributed by atoms with Crippen LogP contribution in [0.5, 0.6) is 0 Å². The normalized spacial score (nSPS) is 10.4. The van der Waals surface area contributed by atoms with Crippen LogP contribution in [-0.4, -0.2) is 36.7 Å². The van der Waals surface area contributed by atoms with E-state index < -0.39 is 11.8 Å². The standard InChI is InChI=1S/C22H26N4O4S2/c1-13-5-3-7-15(21(29)25-11-9-17(23)27)19(13)31-32-20-14(2)6-4-8-16(20)22(30)26-12-10-18(24)28/h3-8H,9-12H2,1-2H3,(H2,23,27)(H2,24,28)(H,25,29)(H,26,30). The van der Waals surface area contributed by atoms with Gasteiger partial charge in [0.2, 0.25) is 11.8 Å². The number of rotatable bonds is 11. The zero-order valence-corrected chi connectivity index (χ0v) is 19.5. The van der Waals surface area contributed by atoms with Gasteiger partial charge in [-0.1, -0.05) is 45.9 Å². The molecule has 4 amide bonds. The van der Waals surface area contributed by atoms with Crippen LogP contribution in [0.3, 0.4) is 0 Å². The van der Waals surface area contributed by atoms with Crippen molar-refractivity contribution in [2.45, 2.75) is 36.5 Å². The smallest absolute Gasteiger partial charge is 0.252 e. The summed E-state index contributed by atoms with van der Waals surface area (Å²) >= 11 is 0. The maximum atomic E-state index is 12.6. The lowest BCUT2D eigenvalue weighted by Gasteiger charge is -2.15. The lowest BCUT2D eigenvalue weighted by atomic mass is 10.1. The summed E-state index contributed by atoms with van der Waals surface area (Å²) in [4.78, 5) is 48.6. The van der Waals surface area contributed by atoms with Crippen LogP contribution in [-0.2, 0) is 9.59 Å². The molecule has 8 nitrogen and oxygen atoms in total. The number of primary amides is 2. The number of nitrogens with two attached hydrogens (primary N) is 2. The van der Waals surface area contributed by atoms with Gasteiger partial charge in [-0.3, -0.25) is 19.2 Å². The van der Waals surface area contributed by atoms with Gasteiger partial charge in [-0.15, -0.1) is 0 Å². The molecule has 170 valence electrons. The first-order valence-corrected chi connectivity index (χ1v) is 12.0. The van der Waals surface area contributed by atoms with Gasteiger partial charge in [0.15, 0.2) is 0 Å². The molecule has 0 aliphatic heterocycles. The average Bonchev–Trinajstić information content (AvgIpc) is 2.72. The fourth-order valence-electron chi connectivity index (χ4n) is 2.76. The second-order valence-electron chi connectivity index (χ2n) is 7.01. The Morgan fingerprint density at radius 1 is 0.719 bits per heavy atom. The van der Waals surface area contributed by atoms with E-state index in [0.29, 0.717) is 11.1 Å². The summed E-state index contributed by atoms with van der Waals surface area (Å²) < 4.78 is 0. The Kier molecular flexibility index (Phi) is 9.61. The average molecular weight is 475 g/mol. The second kappa shape index (κ2) is 12.2. The van der Waals surface area contributed by atoms with Gasteiger partial charge in [-0.2, -0.15) is 0 Å². The van der Waals surface area contributed by atoms with Crippen LogP contribution >= 0.6 is 21.6 Å². The van der Waals surface area contributed by atoms with E-state index in [2.05, 4.69) is 10.6 Å². The third kappa shape index (κ3) is 7.31. The summed E-state index contributed by atoms with van der Waals surface area (Å²) in [6, 6.07) is 10.8. The largest absolute Gasteiger partial charge is 0.370 e. The van der Waals surface area contributed by atoms with Crippen LogP contribution in [0.1, 0.15) is 44.7 Å². The Hall–Kier alpha value is -2.98. The van der Waals surface area contributed by atoms with Crippen molar-refractivity contribution in [3.63, 3.8) is 0 Å². The van der Waals surface area contributed by atoms with Crippen molar-refractivity contribution in [3.8, 4) is 0 Å². The first-order chi connectivity index (χ1) is 15.2. The van der Waals surface area contributed by atoms with Gasteiger partial charge in [-0.25, -0.2) is 0 Å². The molecule has 0 aromatic heterocycles. The molecule has 6 N–H and O–H groups in total. The lowest BCUT2D eigenvalue weighted by Crippen LogP contribution is -2.28. The Balaban J connectivity index is 2.20. The first-order valence-electron chi connectivity index (χ1n) is 9.87. The maximum absolute atomic E-state index is 12.6. The molecule has 0 aliphatic rings. The predicted molar refractivity (Wildman–Crippen MR) is 126 cm³/mol. The molecule has 0 saturated carbocycles. The number of amides is 4. The molecule has 0 radical (unpaired) electrons. The van der Waals surface area contributed by atoms with E-state index in [1.807, 2.05) is 26.0 Å². The summed E-state index contributed by atoms with van der Waals surface area (Å²) in [5.74, 6) is -1.57. The van der Waals surface area contributed by atoms with Gasteiger partial charge in [0, 0.05) is 35.7 Å². The summed E-state index contributed by atoms with van der Waals surface area (Å²) in [6.07, 6.45) is 0.123. The van der Waals surface area contributed by atoms with E-state index in [1.54, 1.807) is 24.3 Å². The van der Waals surface area contributed by atoms with E-state index in [0.717, 1.165) is 20.9 Å². The van der Waals surface area contributed by atoms with Crippen LogP contribution in [0, 0.1) is 13.8 Å². The van der Waals surface area contributed by atoms with Crippen molar-refractivity contribution in [2.75, 3.05) is 13.1 Å². The molecule has 0 saturated heterocycles. The van der Waals surface area contributed by atoms with Gasteiger partial charge >= 0.3 is 0 Å². The van der Waals surface area contributed by atoms with Crippen LogP contribution in [0.4, 0.5) is 0 Å². The fourth-order valence-corrected chi connectivity index (χ4v) is 5.65. The molecule has 32 heavy (non-hydrogen) atoms. The van der Waals surface area contributed by atoms with Crippen molar-refractivity contribution in [2.24, 2.45) is 11.5 Å². The predicted octanol–water partition coefficient (Wildman–Crippen LogP) is 2.31. The molecule has 0 fully saturated rings. The fraction of sp³-hybridized carbons (Fsp3) is 0.273. The zero-order valence-electron chi connectivity index (χ0n) is 17.9. The summed E-state index contributed by atoms with van der Waals surface area (Å²) in [7, 11) is 2.76. The number of carbonyl (C=O) groups is 4. The molecule has 0 spiro atoms. The first kappa shape index (κ1) is 25.3. The number of carbonyl (C=O) groups excluding carboxylic acids is 4. The molecule has 2 aromatic carbocycles. The molecular formula is C22H26N4O4S2. The van der Waals surface area contributed by atoms with Crippen molar-refractivity contribution >= 4 is 45.2 Å². The number of aryl methyl sites for hydroxylation is 2. The number of hydrogen-bond donors (Lipinski definition) is 4. The molecule has 0 bridgehead atoms. The molecular weight excluding hydrogens is 448 g/mol. The maximum Gasteiger partial charge on any atom is 0.252 e. The summed E-state index contributed by atoms with van der Waals surface area (Å²) in [5, 5.41) is 5.41. The van der Waals surface area contributed by atoms with Crippen molar-refractivity contribution in [1.29, 1.82) is 0 Å². The minimum absolute atomic E-state index is 0.0617. The minimum Gasteiger partial charge on any atom is -0.370 e. The van der Waals surface area contributed by atoms with Gasteiger partial charge in [-0.05, 0) is 37.1 Å². The SMILES string of the molecule is Cc1cccc(C(=O)NCCC(N)=O)c1SSc1c(C)cccc1C(=O)NCCC(N)=O. The Morgan fingerprint density at radius 2 is 1.09 bits per heavy atom. The van der Waals surface area contributed by atoms with Crippen LogP contribution in [0.15, 0.2) is 46.2 Å². The molecule has 0 unspecified atom stereocenters. The molecule has 10 heteroatoms. The van der Waals surface area contributed by atoms with Crippen LogP contribution in [0.25, 0.3) is 0 Å². The van der Waals surface area contributed by atoms with Crippen molar-refractivity contribution in [3.05, 3.63) is 58.7 Å².